The molecular weight excluding hydrogens is 350 g/mol. The SMILES string of the molecule is CC[C@@H](CC(C)C)C[C@H](CNC(=O)O[C@@H](OC(=O)C(C)C)C(C)C)C(=O)O. The van der Waals surface area contributed by atoms with Gasteiger partial charge in [-0.3, -0.25) is 9.59 Å². The second-order valence-electron chi connectivity index (χ2n) is 8.16. The Morgan fingerprint density at radius 2 is 1.56 bits per heavy atom. The van der Waals surface area contributed by atoms with E-state index in [1.54, 1.807) is 27.7 Å². The zero-order chi connectivity index (χ0) is 21.1. The molecule has 0 saturated heterocycles. The van der Waals surface area contributed by atoms with Gasteiger partial charge in [-0.05, 0) is 24.7 Å². The molecule has 0 bridgehead atoms. The van der Waals surface area contributed by atoms with Crippen LogP contribution in [0.15, 0.2) is 0 Å². The minimum atomic E-state index is -1.01. The summed E-state index contributed by atoms with van der Waals surface area (Å²) in [4.78, 5) is 35.3. The second-order valence-corrected chi connectivity index (χ2v) is 8.16. The molecule has 0 fully saturated rings. The lowest BCUT2D eigenvalue weighted by atomic mass is 9.86. The van der Waals surface area contributed by atoms with E-state index in [9.17, 15) is 19.5 Å². The van der Waals surface area contributed by atoms with Crippen LogP contribution in [-0.2, 0) is 19.1 Å². The Morgan fingerprint density at radius 1 is 0.963 bits per heavy atom. The van der Waals surface area contributed by atoms with Crippen molar-refractivity contribution in [3.05, 3.63) is 0 Å². The number of carboxylic acids is 1. The quantitative estimate of drug-likeness (QED) is 0.387. The van der Waals surface area contributed by atoms with E-state index in [2.05, 4.69) is 19.2 Å². The Kier molecular flexibility index (Phi) is 11.7. The fourth-order valence-electron chi connectivity index (χ4n) is 2.67. The number of esters is 1. The van der Waals surface area contributed by atoms with Crippen molar-refractivity contribution in [1.29, 1.82) is 0 Å². The number of nitrogens with one attached hydrogen (secondary N) is 1. The molecule has 0 aliphatic carbocycles. The lowest BCUT2D eigenvalue weighted by Gasteiger charge is -2.24. The standard InChI is InChI=1S/C20H37NO6/c1-8-15(9-12(2)3)10-16(17(22)23)11-21-20(25)27-19(14(6)7)26-18(24)13(4)5/h12-16,19H,8-11H2,1-7H3,(H,21,25)(H,22,23)/t15-,16+,19+/m0/s1. The average Bonchev–Trinajstić information content (AvgIpc) is 2.55. The molecule has 2 N–H and O–H groups in total. The number of hydrogen-bond donors (Lipinski definition) is 2. The fourth-order valence-corrected chi connectivity index (χ4v) is 2.67. The van der Waals surface area contributed by atoms with Crippen LogP contribution in [0.4, 0.5) is 4.79 Å². The summed E-state index contributed by atoms with van der Waals surface area (Å²) in [6.45, 7) is 13.2. The summed E-state index contributed by atoms with van der Waals surface area (Å²) in [5, 5.41) is 12.0. The molecule has 0 aliphatic heterocycles. The first-order valence-corrected chi connectivity index (χ1v) is 9.85. The van der Waals surface area contributed by atoms with Crippen LogP contribution in [-0.4, -0.2) is 36.0 Å². The molecule has 0 aliphatic rings. The van der Waals surface area contributed by atoms with Crippen molar-refractivity contribution in [3.63, 3.8) is 0 Å². The van der Waals surface area contributed by atoms with E-state index < -0.39 is 30.2 Å². The normalized spacial score (nSPS) is 14.7. The van der Waals surface area contributed by atoms with Crippen LogP contribution in [0.1, 0.15) is 67.7 Å². The number of rotatable bonds is 12. The van der Waals surface area contributed by atoms with Gasteiger partial charge in [0.05, 0.1) is 11.8 Å². The molecule has 158 valence electrons. The minimum Gasteiger partial charge on any atom is -0.481 e. The molecule has 0 unspecified atom stereocenters. The van der Waals surface area contributed by atoms with Crippen LogP contribution in [0.5, 0.6) is 0 Å². The molecule has 0 aromatic carbocycles. The summed E-state index contributed by atoms with van der Waals surface area (Å²) in [6, 6.07) is 0. The Labute approximate surface area is 163 Å². The molecule has 3 atom stereocenters. The topological polar surface area (TPSA) is 102 Å². The van der Waals surface area contributed by atoms with Gasteiger partial charge in [-0.25, -0.2) is 4.79 Å². The van der Waals surface area contributed by atoms with Crippen molar-refractivity contribution in [3.8, 4) is 0 Å². The maximum atomic E-state index is 12.1. The number of amides is 1. The molecular formula is C20H37NO6. The Morgan fingerprint density at radius 3 is 1.96 bits per heavy atom. The Hall–Kier alpha value is -1.79. The van der Waals surface area contributed by atoms with Crippen LogP contribution in [0, 0.1) is 29.6 Å². The van der Waals surface area contributed by atoms with Gasteiger partial charge in [0, 0.05) is 12.5 Å². The van der Waals surface area contributed by atoms with Gasteiger partial charge in [-0.2, -0.15) is 0 Å². The molecule has 0 saturated carbocycles. The highest BCUT2D eigenvalue weighted by Crippen LogP contribution is 2.23. The van der Waals surface area contributed by atoms with Crippen LogP contribution >= 0.6 is 0 Å². The van der Waals surface area contributed by atoms with Crippen molar-refractivity contribution in [2.24, 2.45) is 29.6 Å². The van der Waals surface area contributed by atoms with Crippen molar-refractivity contribution in [2.45, 2.75) is 74.0 Å². The van der Waals surface area contributed by atoms with Gasteiger partial charge in [0.2, 0.25) is 0 Å². The van der Waals surface area contributed by atoms with Crippen molar-refractivity contribution < 1.29 is 29.0 Å². The van der Waals surface area contributed by atoms with Crippen LogP contribution < -0.4 is 5.32 Å². The molecule has 0 aromatic heterocycles. The number of hydrogen-bond acceptors (Lipinski definition) is 5. The Balaban J connectivity index is 4.70. The number of aliphatic carboxylic acids is 1. The highest BCUT2D eigenvalue weighted by atomic mass is 16.7. The van der Waals surface area contributed by atoms with Crippen molar-refractivity contribution >= 4 is 18.0 Å². The third-order valence-corrected chi connectivity index (χ3v) is 4.31. The lowest BCUT2D eigenvalue weighted by Crippen LogP contribution is -2.39. The molecule has 1 amide bonds. The summed E-state index contributed by atoms with van der Waals surface area (Å²) in [7, 11) is 0. The van der Waals surface area contributed by atoms with E-state index in [4.69, 9.17) is 9.47 Å². The number of carbonyl (C=O) groups excluding carboxylic acids is 2. The zero-order valence-electron chi connectivity index (χ0n) is 17.8. The summed E-state index contributed by atoms with van der Waals surface area (Å²) in [5.74, 6) is -1.85. The summed E-state index contributed by atoms with van der Waals surface area (Å²) in [6.07, 6.45) is 0.555. The molecule has 0 aromatic rings. The fraction of sp³-hybridized carbons (Fsp3) is 0.850. The van der Waals surface area contributed by atoms with E-state index in [0.29, 0.717) is 18.3 Å². The number of ether oxygens (including phenoxy) is 2. The highest BCUT2D eigenvalue weighted by Gasteiger charge is 2.26. The number of carbonyl (C=O) groups is 3. The summed E-state index contributed by atoms with van der Waals surface area (Å²) in [5.41, 5.74) is 0. The van der Waals surface area contributed by atoms with Gasteiger partial charge in [0.1, 0.15) is 0 Å². The van der Waals surface area contributed by atoms with E-state index in [1.165, 1.54) is 0 Å². The van der Waals surface area contributed by atoms with E-state index in [0.717, 1.165) is 12.8 Å². The average molecular weight is 388 g/mol. The van der Waals surface area contributed by atoms with Gasteiger partial charge in [-0.15, -0.1) is 0 Å². The summed E-state index contributed by atoms with van der Waals surface area (Å²) >= 11 is 0. The van der Waals surface area contributed by atoms with Crippen LogP contribution in [0.3, 0.4) is 0 Å². The zero-order valence-corrected chi connectivity index (χ0v) is 17.8. The van der Waals surface area contributed by atoms with Gasteiger partial charge < -0.3 is 19.9 Å². The predicted octanol–water partition coefficient (Wildman–Crippen LogP) is 4.06. The smallest absolute Gasteiger partial charge is 0.410 e. The maximum absolute atomic E-state index is 12.1. The van der Waals surface area contributed by atoms with E-state index in [1.807, 2.05) is 6.92 Å². The third-order valence-electron chi connectivity index (χ3n) is 4.31. The van der Waals surface area contributed by atoms with Gasteiger partial charge in [-0.1, -0.05) is 54.9 Å². The monoisotopic (exact) mass is 387 g/mol. The summed E-state index contributed by atoms with van der Waals surface area (Å²) < 4.78 is 10.4. The molecule has 0 rings (SSSR count). The van der Waals surface area contributed by atoms with Crippen LogP contribution in [0.25, 0.3) is 0 Å². The van der Waals surface area contributed by atoms with Gasteiger partial charge in [0.15, 0.2) is 0 Å². The van der Waals surface area contributed by atoms with E-state index in [-0.39, 0.29) is 18.4 Å². The third kappa shape index (κ3) is 10.8. The van der Waals surface area contributed by atoms with Gasteiger partial charge >= 0.3 is 18.0 Å². The first kappa shape index (κ1) is 25.2. The van der Waals surface area contributed by atoms with E-state index >= 15 is 0 Å². The van der Waals surface area contributed by atoms with Gasteiger partial charge in [0.25, 0.3) is 6.29 Å². The predicted molar refractivity (Wildman–Crippen MR) is 103 cm³/mol. The largest absolute Gasteiger partial charge is 0.481 e. The first-order chi connectivity index (χ1) is 12.5. The minimum absolute atomic E-state index is 0.0221. The van der Waals surface area contributed by atoms with Crippen molar-refractivity contribution in [1.82, 2.24) is 5.32 Å². The maximum Gasteiger partial charge on any atom is 0.410 e. The lowest BCUT2D eigenvalue weighted by molar-refractivity contribution is -0.178. The van der Waals surface area contributed by atoms with Crippen molar-refractivity contribution in [2.75, 3.05) is 6.54 Å². The molecule has 7 nitrogen and oxygen atoms in total. The number of carboxylic acid groups (broad SMARTS) is 1. The molecule has 7 heteroatoms. The number of alkyl carbamates (subject to hydrolysis) is 1. The second kappa shape index (κ2) is 12.6. The molecule has 27 heavy (non-hydrogen) atoms. The molecule has 0 heterocycles. The first-order valence-electron chi connectivity index (χ1n) is 9.85. The molecule has 0 radical (unpaired) electrons. The highest BCUT2D eigenvalue weighted by molar-refractivity contribution is 5.73. The Bertz CT molecular complexity index is 475. The molecule has 0 spiro atoms. The van der Waals surface area contributed by atoms with Crippen LogP contribution in [0.2, 0.25) is 0 Å².